The lowest BCUT2D eigenvalue weighted by Crippen LogP contribution is -2.14. The Morgan fingerprint density at radius 1 is 0.857 bits per heavy atom. The van der Waals surface area contributed by atoms with E-state index >= 15 is 0 Å². The average molecular weight is 285 g/mol. The zero-order valence-electron chi connectivity index (χ0n) is 12.9. The van der Waals surface area contributed by atoms with Crippen LogP contribution in [-0.2, 0) is 0 Å². The highest BCUT2D eigenvalue weighted by atomic mass is 16.5. The van der Waals surface area contributed by atoms with Gasteiger partial charge in [-0.15, -0.1) is 0 Å². The van der Waals surface area contributed by atoms with E-state index in [0.29, 0.717) is 12.6 Å². The second-order valence-electron chi connectivity index (χ2n) is 4.83. The van der Waals surface area contributed by atoms with Crippen molar-refractivity contribution in [2.24, 2.45) is 0 Å². The Labute approximate surface area is 126 Å². The Morgan fingerprint density at radius 2 is 1.38 bits per heavy atom. The van der Waals surface area contributed by atoms with E-state index in [9.17, 15) is 0 Å². The van der Waals surface area contributed by atoms with Gasteiger partial charge in [0.1, 0.15) is 17.2 Å². The molecule has 112 valence electrons. The first kappa shape index (κ1) is 15.4. The van der Waals surface area contributed by atoms with Gasteiger partial charge in [-0.2, -0.15) is 0 Å². The predicted molar refractivity (Wildman–Crippen MR) is 86.2 cm³/mol. The van der Waals surface area contributed by atoms with Crippen molar-refractivity contribution in [1.82, 2.24) is 5.32 Å². The van der Waals surface area contributed by atoms with Crippen LogP contribution in [0.4, 0.5) is 0 Å². The SMILES string of the molecule is CCOc1ccc(Oc2ccc(C(CC)NC)cc2)cc1. The van der Waals surface area contributed by atoms with Crippen LogP contribution in [0.15, 0.2) is 48.5 Å². The third-order valence-electron chi connectivity index (χ3n) is 3.41. The molecule has 1 unspecified atom stereocenters. The Morgan fingerprint density at radius 3 is 1.86 bits per heavy atom. The van der Waals surface area contributed by atoms with Crippen LogP contribution < -0.4 is 14.8 Å². The summed E-state index contributed by atoms with van der Waals surface area (Å²) in [5, 5.41) is 3.30. The van der Waals surface area contributed by atoms with Crippen LogP contribution in [0, 0.1) is 0 Å². The molecule has 0 saturated heterocycles. The topological polar surface area (TPSA) is 30.5 Å². The fourth-order valence-electron chi connectivity index (χ4n) is 2.28. The summed E-state index contributed by atoms with van der Waals surface area (Å²) in [7, 11) is 1.98. The molecule has 0 heterocycles. The molecule has 2 aromatic carbocycles. The molecule has 0 fully saturated rings. The fourth-order valence-corrected chi connectivity index (χ4v) is 2.28. The molecule has 0 aromatic heterocycles. The normalized spacial score (nSPS) is 12.0. The lowest BCUT2D eigenvalue weighted by atomic mass is 10.0. The molecule has 0 aliphatic rings. The summed E-state index contributed by atoms with van der Waals surface area (Å²) >= 11 is 0. The minimum atomic E-state index is 0.393. The summed E-state index contributed by atoms with van der Waals surface area (Å²) in [6.07, 6.45) is 1.07. The van der Waals surface area contributed by atoms with E-state index in [2.05, 4.69) is 24.4 Å². The summed E-state index contributed by atoms with van der Waals surface area (Å²) in [4.78, 5) is 0. The summed E-state index contributed by atoms with van der Waals surface area (Å²) in [6.45, 7) is 4.82. The van der Waals surface area contributed by atoms with Gasteiger partial charge in [-0.25, -0.2) is 0 Å². The van der Waals surface area contributed by atoms with Gasteiger partial charge in [-0.1, -0.05) is 19.1 Å². The number of nitrogens with one attached hydrogen (secondary N) is 1. The summed E-state index contributed by atoms with van der Waals surface area (Å²) in [6, 6.07) is 16.3. The molecule has 0 bridgehead atoms. The third-order valence-corrected chi connectivity index (χ3v) is 3.41. The number of hydrogen-bond acceptors (Lipinski definition) is 3. The van der Waals surface area contributed by atoms with Crippen molar-refractivity contribution >= 4 is 0 Å². The van der Waals surface area contributed by atoms with Gasteiger partial charge in [0.15, 0.2) is 0 Å². The Kier molecular flexibility index (Phi) is 5.64. The van der Waals surface area contributed by atoms with Crippen LogP contribution in [0.2, 0.25) is 0 Å². The van der Waals surface area contributed by atoms with Gasteiger partial charge in [0, 0.05) is 6.04 Å². The molecule has 0 aliphatic carbocycles. The molecule has 3 nitrogen and oxygen atoms in total. The minimum absolute atomic E-state index is 0.393. The minimum Gasteiger partial charge on any atom is -0.494 e. The zero-order chi connectivity index (χ0) is 15.1. The van der Waals surface area contributed by atoms with Crippen molar-refractivity contribution < 1.29 is 9.47 Å². The number of ether oxygens (including phenoxy) is 2. The van der Waals surface area contributed by atoms with Crippen LogP contribution in [0.5, 0.6) is 17.2 Å². The highest BCUT2D eigenvalue weighted by Gasteiger charge is 2.06. The van der Waals surface area contributed by atoms with Gasteiger partial charge < -0.3 is 14.8 Å². The molecule has 0 spiro atoms. The lowest BCUT2D eigenvalue weighted by molar-refractivity contribution is 0.339. The van der Waals surface area contributed by atoms with Gasteiger partial charge in [0.25, 0.3) is 0 Å². The first-order chi connectivity index (χ1) is 10.3. The molecular weight excluding hydrogens is 262 g/mol. The number of benzene rings is 2. The Hall–Kier alpha value is -2.00. The van der Waals surface area contributed by atoms with E-state index in [0.717, 1.165) is 23.7 Å². The molecule has 0 aliphatic heterocycles. The maximum Gasteiger partial charge on any atom is 0.127 e. The molecule has 0 saturated carbocycles. The molecule has 1 N–H and O–H groups in total. The highest BCUT2D eigenvalue weighted by molar-refractivity contribution is 5.36. The first-order valence-corrected chi connectivity index (χ1v) is 7.44. The standard InChI is InChI=1S/C18H23NO2/c1-4-18(19-3)14-6-8-16(9-7-14)21-17-12-10-15(11-13-17)20-5-2/h6-13,18-19H,4-5H2,1-3H3. The van der Waals surface area contributed by atoms with Gasteiger partial charge in [-0.3, -0.25) is 0 Å². The molecule has 2 rings (SSSR count). The number of hydrogen-bond donors (Lipinski definition) is 1. The fraction of sp³-hybridized carbons (Fsp3) is 0.333. The van der Waals surface area contributed by atoms with Crippen molar-refractivity contribution in [3.05, 3.63) is 54.1 Å². The van der Waals surface area contributed by atoms with Crippen LogP contribution >= 0.6 is 0 Å². The first-order valence-electron chi connectivity index (χ1n) is 7.44. The van der Waals surface area contributed by atoms with E-state index in [1.807, 2.05) is 50.4 Å². The third kappa shape index (κ3) is 4.23. The Bertz CT molecular complexity index is 530. The van der Waals surface area contributed by atoms with Gasteiger partial charge in [0.05, 0.1) is 6.61 Å². The lowest BCUT2D eigenvalue weighted by Gasteiger charge is -2.14. The molecule has 0 radical (unpaired) electrons. The quantitative estimate of drug-likeness (QED) is 0.809. The van der Waals surface area contributed by atoms with Crippen molar-refractivity contribution in [3.63, 3.8) is 0 Å². The maximum atomic E-state index is 5.84. The molecule has 1 atom stereocenters. The van der Waals surface area contributed by atoms with Crippen molar-refractivity contribution in [2.45, 2.75) is 26.3 Å². The van der Waals surface area contributed by atoms with Crippen LogP contribution in [-0.4, -0.2) is 13.7 Å². The molecular formula is C18H23NO2. The maximum absolute atomic E-state index is 5.84. The van der Waals surface area contributed by atoms with Crippen molar-refractivity contribution in [2.75, 3.05) is 13.7 Å². The zero-order valence-corrected chi connectivity index (χ0v) is 12.9. The molecule has 21 heavy (non-hydrogen) atoms. The van der Waals surface area contributed by atoms with Gasteiger partial charge in [-0.05, 0) is 62.4 Å². The van der Waals surface area contributed by atoms with Crippen LogP contribution in [0.1, 0.15) is 31.9 Å². The largest absolute Gasteiger partial charge is 0.494 e. The van der Waals surface area contributed by atoms with Gasteiger partial charge >= 0.3 is 0 Å². The van der Waals surface area contributed by atoms with E-state index in [4.69, 9.17) is 9.47 Å². The second-order valence-corrected chi connectivity index (χ2v) is 4.83. The Balaban J connectivity index is 2.02. The average Bonchev–Trinajstić information content (AvgIpc) is 2.52. The van der Waals surface area contributed by atoms with Crippen LogP contribution in [0.3, 0.4) is 0 Å². The summed E-state index contributed by atoms with van der Waals surface area (Å²) < 4.78 is 11.3. The highest BCUT2D eigenvalue weighted by Crippen LogP contribution is 2.25. The van der Waals surface area contributed by atoms with E-state index < -0.39 is 0 Å². The summed E-state index contributed by atoms with van der Waals surface area (Å²) in [5.74, 6) is 2.51. The molecule has 3 heteroatoms. The van der Waals surface area contributed by atoms with E-state index in [1.54, 1.807) is 0 Å². The van der Waals surface area contributed by atoms with E-state index in [1.165, 1.54) is 5.56 Å². The predicted octanol–water partition coefficient (Wildman–Crippen LogP) is 4.55. The van der Waals surface area contributed by atoms with E-state index in [-0.39, 0.29) is 0 Å². The molecule has 0 amide bonds. The van der Waals surface area contributed by atoms with Crippen LogP contribution in [0.25, 0.3) is 0 Å². The smallest absolute Gasteiger partial charge is 0.127 e. The monoisotopic (exact) mass is 285 g/mol. The van der Waals surface area contributed by atoms with Gasteiger partial charge in [0.2, 0.25) is 0 Å². The number of rotatable bonds is 7. The summed E-state index contributed by atoms with van der Waals surface area (Å²) in [5.41, 5.74) is 1.28. The van der Waals surface area contributed by atoms with Crippen molar-refractivity contribution in [3.8, 4) is 17.2 Å². The second kappa shape index (κ2) is 7.70. The molecule has 2 aromatic rings. The van der Waals surface area contributed by atoms with Crippen molar-refractivity contribution in [1.29, 1.82) is 0 Å².